The third kappa shape index (κ3) is 4.54. The van der Waals surface area contributed by atoms with Crippen LogP contribution in [0.25, 0.3) is 16.9 Å². The van der Waals surface area contributed by atoms with E-state index in [1.165, 1.54) is 12.1 Å². The van der Waals surface area contributed by atoms with Crippen LogP contribution in [-0.2, 0) is 5.41 Å². The lowest BCUT2D eigenvalue weighted by Gasteiger charge is -2.46. The van der Waals surface area contributed by atoms with Crippen molar-refractivity contribution in [3.8, 4) is 11.3 Å². The van der Waals surface area contributed by atoms with Gasteiger partial charge in [-0.15, -0.1) is 10.2 Å². The molecule has 37 heavy (non-hydrogen) atoms. The number of carbonyl (C=O) groups is 2. The Labute approximate surface area is 212 Å². The van der Waals surface area contributed by atoms with Gasteiger partial charge in [-0.1, -0.05) is 20.8 Å². The van der Waals surface area contributed by atoms with E-state index in [2.05, 4.69) is 46.5 Å². The molecule has 3 aromatic heterocycles. The largest absolute Gasteiger partial charge is 0.332 e. The molecule has 0 bridgehead atoms. The number of hydrogen-bond acceptors (Lipinski definition) is 7. The molecule has 12 heteroatoms. The molecule has 0 unspecified atom stereocenters. The molecule has 0 atom stereocenters. The third-order valence-electron chi connectivity index (χ3n) is 6.56. The van der Waals surface area contributed by atoms with Gasteiger partial charge in [-0.05, 0) is 54.8 Å². The fourth-order valence-corrected chi connectivity index (χ4v) is 4.63. The summed E-state index contributed by atoms with van der Waals surface area (Å²) >= 11 is 0. The van der Waals surface area contributed by atoms with E-state index in [1.54, 1.807) is 32.6 Å². The lowest BCUT2D eigenvalue weighted by atomic mass is 9.87. The highest BCUT2D eigenvalue weighted by Gasteiger charge is 2.40. The van der Waals surface area contributed by atoms with E-state index in [-0.39, 0.29) is 34.6 Å². The van der Waals surface area contributed by atoms with E-state index in [0.717, 1.165) is 11.1 Å². The van der Waals surface area contributed by atoms with E-state index < -0.39 is 5.54 Å². The number of benzene rings is 1. The first-order chi connectivity index (χ1) is 17.4. The molecule has 0 radical (unpaired) electrons. The van der Waals surface area contributed by atoms with Crippen LogP contribution in [-0.4, -0.2) is 82.0 Å². The number of H-pyrrole nitrogens is 1. The Kier molecular flexibility index (Phi) is 5.76. The van der Waals surface area contributed by atoms with E-state index in [9.17, 15) is 14.0 Å². The maximum absolute atomic E-state index is 13.7. The molecular weight excluding hydrogens is 477 g/mol. The number of nitrogens with zero attached hydrogens (tertiary/aromatic N) is 8. The Bertz CT molecular complexity index is 1470. The van der Waals surface area contributed by atoms with Crippen LogP contribution in [0.1, 0.15) is 61.3 Å². The number of carbonyl (C=O) groups excluding carboxylic acids is 2. The molecule has 1 aliphatic rings. The van der Waals surface area contributed by atoms with Crippen LogP contribution in [0.2, 0.25) is 0 Å². The number of imidazole rings is 1. The lowest BCUT2D eigenvalue weighted by Crippen LogP contribution is -2.62. The predicted molar refractivity (Wildman–Crippen MR) is 132 cm³/mol. The van der Waals surface area contributed by atoms with Crippen LogP contribution in [0.15, 0.2) is 36.5 Å². The zero-order valence-electron chi connectivity index (χ0n) is 21.4. The van der Waals surface area contributed by atoms with Crippen molar-refractivity contribution in [2.75, 3.05) is 19.6 Å². The monoisotopic (exact) mass is 505 g/mol. The third-order valence-corrected chi connectivity index (χ3v) is 6.56. The maximum Gasteiger partial charge on any atom is 0.295 e. The van der Waals surface area contributed by atoms with Gasteiger partial charge in [-0.2, -0.15) is 10.3 Å². The number of tetrazole rings is 1. The summed E-state index contributed by atoms with van der Waals surface area (Å²) in [6.07, 6.45) is 1.63. The fourth-order valence-electron chi connectivity index (χ4n) is 4.63. The molecule has 1 N–H and O–H groups in total. The summed E-state index contributed by atoms with van der Waals surface area (Å²) < 4.78 is 15.1. The molecule has 192 valence electrons. The summed E-state index contributed by atoms with van der Waals surface area (Å²) in [5.41, 5.74) is 2.23. The Morgan fingerprint density at radius 3 is 2.43 bits per heavy atom. The van der Waals surface area contributed by atoms with Crippen molar-refractivity contribution in [3.05, 3.63) is 59.4 Å². The van der Waals surface area contributed by atoms with Gasteiger partial charge < -0.3 is 9.80 Å². The number of amides is 2. The maximum atomic E-state index is 13.7. The van der Waals surface area contributed by atoms with Gasteiger partial charge in [0.25, 0.3) is 17.6 Å². The Morgan fingerprint density at radius 2 is 1.81 bits per heavy atom. The number of halogens is 1. The average Bonchev–Trinajstić information content (AvgIpc) is 3.52. The second-order valence-electron chi connectivity index (χ2n) is 10.8. The molecule has 4 aromatic rings. The highest BCUT2D eigenvalue weighted by atomic mass is 19.1. The lowest BCUT2D eigenvalue weighted by molar-refractivity contribution is 0.0160. The SMILES string of the molecule is CC(C)(C)c1cc(-c2ccc(F)cc2)nn2cc(C(=O)N3CCN(C(=O)c4nn[nH]n4)CC3(C)C)nc12. The second kappa shape index (κ2) is 8.71. The van der Waals surface area contributed by atoms with Gasteiger partial charge >= 0.3 is 0 Å². The first kappa shape index (κ1) is 24.5. The van der Waals surface area contributed by atoms with Gasteiger partial charge in [-0.25, -0.2) is 13.9 Å². The van der Waals surface area contributed by atoms with Gasteiger partial charge in [0.1, 0.15) is 11.5 Å². The summed E-state index contributed by atoms with van der Waals surface area (Å²) in [6.45, 7) is 11.0. The van der Waals surface area contributed by atoms with Crippen LogP contribution in [0.5, 0.6) is 0 Å². The van der Waals surface area contributed by atoms with Crippen LogP contribution in [0.3, 0.4) is 0 Å². The van der Waals surface area contributed by atoms with Crippen molar-refractivity contribution in [3.63, 3.8) is 0 Å². The summed E-state index contributed by atoms with van der Waals surface area (Å²) in [4.78, 5) is 34.4. The number of hydrogen-bond donors (Lipinski definition) is 1. The molecule has 0 saturated carbocycles. The van der Waals surface area contributed by atoms with Crippen LogP contribution in [0.4, 0.5) is 4.39 Å². The average molecular weight is 506 g/mol. The smallest absolute Gasteiger partial charge is 0.295 e. The number of rotatable bonds is 3. The molecule has 5 rings (SSSR count). The van der Waals surface area contributed by atoms with Gasteiger partial charge in [0, 0.05) is 30.8 Å². The van der Waals surface area contributed by atoms with Crippen molar-refractivity contribution < 1.29 is 14.0 Å². The van der Waals surface area contributed by atoms with Gasteiger partial charge in [-0.3, -0.25) is 9.59 Å². The van der Waals surface area contributed by atoms with Gasteiger partial charge in [0.15, 0.2) is 5.65 Å². The second-order valence-corrected chi connectivity index (χ2v) is 10.8. The quantitative estimate of drug-likeness (QED) is 0.454. The summed E-state index contributed by atoms with van der Waals surface area (Å²) in [5, 5.41) is 18.0. The van der Waals surface area contributed by atoms with E-state index in [4.69, 9.17) is 4.98 Å². The Balaban J connectivity index is 1.47. The minimum Gasteiger partial charge on any atom is -0.332 e. The van der Waals surface area contributed by atoms with Crippen molar-refractivity contribution >= 4 is 17.5 Å². The predicted octanol–water partition coefficient (Wildman–Crippen LogP) is 2.72. The fraction of sp³-hybridized carbons (Fsp3) is 0.400. The normalized spacial score (nSPS) is 15.8. The molecule has 2 amide bonds. The number of fused-ring (bicyclic) bond motifs is 1. The number of aromatic amines is 1. The first-order valence-electron chi connectivity index (χ1n) is 12.0. The topological polar surface area (TPSA) is 125 Å². The molecule has 11 nitrogen and oxygen atoms in total. The van der Waals surface area contributed by atoms with E-state index in [1.807, 2.05) is 19.9 Å². The molecule has 1 aromatic carbocycles. The van der Waals surface area contributed by atoms with Crippen LogP contribution < -0.4 is 0 Å². The van der Waals surface area contributed by atoms with Crippen molar-refractivity contribution in [1.82, 2.24) is 45.0 Å². The molecule has 1 fully saturated rings. The van der Waals surface area contributed by atoms with Crippen molar-refractivity contribution in [2.45, 2.75) is 45.6 Å². The zero-order valence-corrected chi connectivity index (χ0v) is 21.4. The number of piperazine rings is 1. The van der Waals surface area contributed by atoms with Gasteiger partial charge in [0.2, 0.25) is 0 Å². The molecule has 0 aliphatic carbocycles. The first-order valence-corrected chi connectivity index (χ1v) is 12.0. The number of nitrogens with one attached hydrogen (secondary N) is 1. The summed E-state index contributed by atoms with van der Waals surface area (Å²) in [6, 6.07) is 8.09. The Hall–Kier alpha value is -4.22. The summed E-state index contributed by atoms with van der Waals surface area (Å²) in [7, 11) is 0. The highest BCUT2D eigenvalue weighted by Crippen LogP contribution is 2.31. The Morgan fingerprint density at radius 1 is 1.08 bits per heavy atom. The zero-order chi connectivity index (χ0) is 26.5. The number of aromatic nitrogens is 7. The standard InChI is InChI=1S/C25H28FN9O2/c1-24(2,3)17-12-18(15-6-8-16(26)9-7-15)30-35-13-19(27-21(17)35)22(36)34-11-10-33(14-25(34,4)5)23(37)20-28-31-32-29-20/h6-9,12-13H,10-11,14H2,1-5H3,(H,28,29,31,32). The summed E-state index contributed by atoms with van der Waals surface area (Å²) in [5.74, 6) is -0.911. The highest BCUT2D eigenvalue weighted by molar-refractivity contribution is 5.94. The minimum atomic E-state index is -0.663. The minimum absolute atomic E-state index is 0.00586. The molecule has 4 heterocycles. The van der Waals surface area contributed by atoms with E-state index in [0.29, 0.717) is 31.0 Å². The van der Waals surface area contributed by atoms with Crippen LogP contribution >= 0.6 is 0 Å². The molecule has 1 aliphatic heterocycles. The van der Waals surface area contributed by atoms with Gasteiger partial charge in [0.05, 0.1) is 17.4 Å². The molecule has 0 spiro atoms. The molecular formula is C25H28FN9O2. The van der Waals surface area contributed by atoms with Crippen molar-refractivity contribution in [2.24, 2.45) is 0 Å². The molecule has 1 saturated heterocycles. The van der Waals surface area contributed by atoms with Crippen molar-refractivity contribution in [1.29, 1.82) is 0 Å². The van der Waals surface area contributed by atoms with Crippen LogP contribution in [0, 0.1) is 5.82 Å². The van der Waals surface area contributed by atoms with E-state index >= 15 is 0 Å².